The molecule has 7 heteroatoms. The molecule has 0 bridgehead atoms. The van der Waals surface area contributed by atoms with Gasteiger partial charge in [-0.05, 0) is 33.1 Å². The van der Waals surface area contributed by atoms with E-state index in [9.17, 15) is 10.2 Å². The third-order valence-electron chi connectivity index (χ3n) is 4.04. The van der Waals surface area contributed by atoms with Crippen LogP contribution >= 0.6 is 0 Å². The Balaban J connectivity index is 1.71. The lowest BCUT2D eigenvalue weighted by molar-refractivity contribution is -0.257. The number of aliphatic hydroxyl groups excluding tert-OH is 2. The monoisotopic (exact) mass is 304 g/mol. The molecule has 1 unspecified atom stereocenters. The van der Waals surface area contributed by atoms with Gasteiger partial charge in [0, 0.05) is 6.61 Å². The molecule has 3 saturated heterocycles. The first-order valence-electron chi connectivity index (χ1n) is 7.57. The summed E-state index contributed by atoms with van der Waals surface area (Å²) in [6, 6.07) is 0. The highest BCUT2D eigenvalue weighted by Gasteiger charge is 2.57. The van der Waals surface area contributed by atoms with E-state index in [1.54, 1.807) is 13.8 Å². The zero-order valence-electron chi connectivity index (χ0n) is 12.4. The quantitative estimate of drug-likeness (QED) is 0.763. The Morgan fingerprint density at radius 3 is 2.76 bits per heavy atom. The Kier molecular flexibility index (Phi) is 4.52. The van der Waals surface area contributed by atoms with Crippen molar-refractivity contribution in [3.63, 3.8) is 0 Å². The molecule has 0 aromatic heterocycles. The summed E-state index contributed by atoms with van der Waals surface area (Å²) in [6.45, 7) is 3.88. The molecule has 0 spiro atoms. The lowest BCUT2D eigenvalue weighted by Gasteiger charge is -2.32. The van der Waals surface area contributed by atoms with E-state index in [1.807, 2.05) is 0 Å². The van der Waals surface area contributed by atoms with E-state index in [0.717, 1.165) is 19.3 Å². The molecule has 2 N–H and O–H groups in total. The number of hydrogen-bond donors (Lipinski definition) is 2. The molecule has 3 heterocycles. The highest BCUT2D eigenvalue weighted by atomic mass is 16.8. The van der Waals surface area contributed by atoms with Crippen molar-refractivity contribution in [1.29, 1.82) is 0 Å². The molecule has 7 nitrogen and oxygen atoms in total. The van der Waals surface area contributed by atoms with Crippen molar-refractivity contribution in [3.8, 4) is 0 Å². The van der Waals surface area contributed by atoms with E-state index in [1.165, 1.54) is 0 Å². The van der Waals surface area contributed by atoms with Crippen LogP contribution < -0.4 is 0 Å². The zero-order valence-corrected chi connectivity index (χ0v) is 12.4. The summed E-state index contributed by atoms with van der Waals surface area (Å²) in [5, 5.41) is 19.1. The molecule has 122 valence electrons. The van der Waals surface area contributed by atoms with Crippen molar-refractivity contribution in [2.24, 2.45) is 0 Å². The third kappa shape index (κ3) is 3.24. The molecule has 0 aromatic rings. The maximum absolute atomic E-state index is 9.94. The molecular weight excluding hydrogens is 280 g/mol. The van der Waals surface area contributed by atoms with Crippen LogP contribution in [-0.4, -0.2) is 66.2 Å². The van der Waals surface area contributed by atoms with Gasteiger partial charge in [-0.15, -0.1) is 0 Å². The first kappa shape index (κ1) is 15.6. The van der Waals surface area contributed by atoms with Crippen molar-refractivity contribution in [1.82, 2.24) is 0 Å². The molecule has 0 amide bonds. The first-order valence-corrected chi connectivity index (χ1v) is 7.57. The molecule has 0 radical (unpaired) electrons. The third-order valence-corrected chi connectivity index (χ3v) is 4.04. The van der Waals surface area contributed by atoms with Crippen LogP contribution in [0.1, 0.15) is 33.1 Å². The fraction of sp³-hybridized carbons (Fsp3) is 1.00. The Bertz CT molecular complexity index is 355. The van der Waals surface area contributed by atoms with Crippen LogP contribution in [-0.2, 0) is 23.7 Å². The van der Waals surface area contributed by atoms with Crippen LogP contribution in [0.25, 0.3) is 0 Å². The van der Waals surface area contributed by atoms with Gasteiger partial charge in [-0.2, -0.15) is 0 Å². The zero-order chi connectivity index (χ0) is 15.0. The minimum absolute atomic E-state index is 0.327. The van der Waals surface area contributed by atoms with Gasteiger partial charge in [0.05, 0.1) is 6.61 Å². The van der Waals surface area contributed by atoms with Crippen molar-refractivity contribution in [2.45, 2.75) is 75.9 Å². The second-order valence-electron chi connectivity index (χ2n) is 6.22. The van der Waals surface area contributed by atoms with Gasteiger partial charge in [0.15, 0.2) is 18.4 Å². The average Bonchev–Trinajstić information content (AvgIpc) is 2.92. The van der Waals surface area contributed by atoms with Crippen LogP contribution in [0.5, 0.6) is 0 Å². The SMILES string of the molecule is CC1(C)O[C@H]2O[C@H]([C@@H](O)CO)[C@@H](OC3CCCCO3)[C@H]2O1. The summed E-state index contributed by atoms with van der Waals surface area (Å²) < 4.78 is 28.7. The van der Waals surface area contributed by atoms with Gasteiger partial charge < -0.3 is 33.9 Å². The highest BCUT2D eigenvalue weighted by Crippen LogP contribution is 2.40. The first-order chi connectivity index (χ1) is 10.00. The maximum Gasteiger partial charge on any atom is 0.190 e. The lowest BCUT2D eigenvalue weighted by Crippen LogP contribution is -2.46. The van der Waals surface area contributed by atoms with E-state index >= 15 is 0 Å². The van der Waals surface area contributed by atoms with Gasteiger partial charge in [0.2, 0.25) is 0 Å². The van der Waals surface area contributed by atoms with Gasteiger partial charge in [0.1, 0.15) is 24.4 Å². The molecule has 6 atom stereocenters. The molecule has 3 rings (SSSR count). The topological polar surface area (TPSA) is 86.6 Å². The fourth-order valence-electron chi connectivity index (χ4n) is 3.07. The van der Waals surface area contributed by atoms with Gasteiger partial charge in [0.25, 0.3) is 0 Å². The Morgan fingerprint density at radius 1 is 1.29 bits per heavy atom. The van der Waals surface area contributed by atoms with Crippen molar-refractivity contribution in [2.75, 3.05) is 13.2 Å². The molecule has 3 fully saturated rings. The number of aliphatic hydroxyl groups is 2. The lowest BCUT2D eigenvalue weighted by atomic mass is 10.1. The predicted molar refractivity (Wildman–Crippen MR) is 70.3 cm³/mol. The Hall–Kier alpha value is -0.280. The second kappa shape index (κ2) is 6.08. The number of fused-ring (bicyclic) bond motifs is 1. The second-order valence-corrected chi connectivity index (χ2v) is 6.22. The Morgan fingerprint density at radius 2 is 2.10 bits per heavy atom. The van der Waals surface area contributed by atoms with Crippen LogP contribution in [0.4, 0.5) is 0 Å². The summed E-state index contributed by atoms with van der Waals surface area (Å²) in [5.41, 5.74) is 0. The maximum atomic E-state index is 9.94. The van der Waals surface area contributed by atoms with Gasteiger partial charge in [-0.3, -0.25) is 0 Å². The van der Waals surface area contributed by atoms with E-state index in [4.69, 9.17) is 23.7 Å². The summed E-state index contributed by atoms with van der Waals surface area (Å²) >= 11 is 0. The van der Waals surface area contributed by atoms with Gasteiger partial charge in [-0.1, -0.05) is 0 Å². The normalized spacial score (nSPS) is 43.7. The van der Waals surface area contributed by atoms with E-state index in [-0.39, 0.29) is 6.29 Å². The van der Waals surface area contributed by atoms with Gasteiger partial charge >= 0.3 is 0 Å². The van der Waals surface area contributed by atoms with E-state index in [2.05, 4.69) is 0 Å². The minimum atomic E-state index is -1.04. The number of hydrogen-bond acceptors (Lipinski definition) is 7. The molecule has 0 saturated carbocycles. The molecule has 0 aromatic carbocycles. The van der Waals surface area contributed by atoms with Crippen LogP contribution in [0.2, 0.25) is 0 Å². The summed E-state index contributed by atoms with van der Waals surface area (Å²) in [6.07, 6.45) is -0.735. The number of rotatable bonds is 4. The van der Waals surface area contributed by atoms with Crippen LogP contribution in [0, 0.1) is 0 Å². The minimum Gasteiger partial charge on any atom is -0.394 e. The van der Waals surface area contributed by atoms with E-state index in [0.29, 0.717) is 6.61 Å². The smallest absolute Gasteiger partial charge is 0.190 e. The fourth-order valence-corrected chi connectivity index (χ4v) is 3.07. The molecule has 3 aliphatic heterocycles. The number of ether oxygens (including phenoxy) is 5. The van der Waals surface area contributed by atoms with Crippen molar-refractivity contribution < 1.29 is 33.9 Å². The Labute approximate surface area is 124 Å². The highest BCUT2D eigenvalue weighted by molar-refractivity contribution is 4.97. The van der Waals surface area contributed by atoms with Gasteiger partial charge in [-0.25, -0.2) is 0 Å². The van der Waals surface area contributed by atoms with Crippen molar-refractivity contribution in [3.05, 3.63) is 0 Å². The summed E-state index contributed by atoms with van der Waals surface area (Å²) in [5.74, 6) is -0.750. The summed E-state index contributed by atoms with van der Waals surface area (Å²) in [4.78, 5) is 0. The largest absolute Gasteiger partial charge is 0.394 e. The predicted octanol–water partition coefficient (Wildman–Crippen LogP) is 0.128. The van der Waals surface area contributed by atoms with Crippen LogP contribution in [0.3, 0.4) is 0 Å². The van der Waals surface area contributed by atoms with Crippen molar-refractivity contribution >= 4 is 0 Å². The molecule has 0 aliphatic carbocycles. The standard InChI is InChI=1S/C14H24O7/c1-14(2)20-12-11(18-9-5-3-4-6-17-9)10(8(16)7-15)19-13(12)21-14/h8-13,15-16H,3-7H2,1-2H3/t8-,9?,10+,11+,12+,13+/m0/s1. The molecule has 21 heavy (non-hydrogen) atoms. The summed E-state index contributed by atoms with van der Waals surface area (Å²) in [7, 11) is 0. The van der Waals surface area contributed by atoms with E-state index < -0.39 is 43.1 Å². The molecular formula is C14H24O7. The van der Waals surface area contributed by atoms with Crippen LogP contribution in [0.15, 0.2) is 0 Å². The molecule has 3 aliphatic rings. The average molecular weight is 304 g/mol.